The second-order valence-corrected chi connectivity index (χ2v) is 2.16. The Morgan fingerprint density at radius 2 is 2.30 bits per heavy atom. The molecule has 0 radical (unpaired) electrons. The van der Waals surface area contributed by atoms with Gasteiger partial charge in [-0.2, -0.15) is 0 Å². The van der Waals surface area contributed by atoms with Crippen LogP contribution in [0, 0.1) is 0 Å². The van der Waals surface area contributed by atoms with Crippen molar-refractivity contribution in [2.24, 2.45) is 5.73 Å². The van der Waals surface area contributed by atoms with Crippen molar-refractivity contribution in [3.05, 3.63) is 22.8 Å². The normalized spacial score (nSPS) is 9.00. The van der Waals surface area contributed by atoms with Gasteiger partial charge in [-0.3, -0.25) is 0 Å². The van der Waals surface area contributed by atoms with Crippen LogP contribution in [-0.4, -0.2) is 4.98 Å². The molecule has 0 saturated carbocycles. The molecule has 10 heavy (non-hydrogen) atoms. The summed E-state index contributed by atoms with van der Waals surface area (Å²) in [5.41, 5.74) is 5.11. The van der Waals surface area contributed by atoms with Gasteiger partial charge in [-0.25, -0.2) is 4.98 Å². The first-order chi connectivity index (χ1) is 4.93. The average Bonchev–Trinajstić information content (AvgIpc) is 2.46. The predicted molar refractivity (Wildman–Crippen MR) is 46.7 cm³/mol. The van der Waals surface area contributed by atoms with Gasteiger partial charge < -0.3 is 5.73 Å². The third-order valence-corrected chi connectivity index (χ3v) is 1.43. The molecule has 0 atom stereocenters. The van der Waals surface area contributed by atoms with E-state index in [1.54, 1.807) is 23.6 Å². The highest BCUT2D eigenvalue weighted by atomic mass is 32.1. The predicted octanol–water partition coefficient (Wildman–Crippen LogP) is 2.10. The van der Waals surface area contributed by atoms with Gasteiger partial charge in [0.2, 0.25) is 0 Å². The second-order valence-electron chi connectivity index (χ2n) is 1.23. The standard InChI is InChI=1S/C5H6N2S.C2H6/c6-2-1-5-7-3-4-8-5;1-2/h1-4H,6H2;1-2H3/b2-1-;. The summed E-state index contributed by atoms with van der Waals surface area (Å²) in [4.78, 5) is 3.96. The maximum atomic E-state index is 5.11. The van der Waals surface area contributed by atoms with E-state index in [0.717, 1.165) is 5.01 Å². The molecule has 56 valence electrons. The van der Waals surface area contributed by atoms with Crippen molar-refractivity contribution >= 4 is 17.4 Å². The Kier molecular flexibility index (Phi) is 5.77. The molecule has 0 fully saturated rings. The van der Waals surface area contributed by atoms with Gasteiger partial charge in [0.15, 0.2) is 0 Å². The van der Waals surface area contributed by atoms with E-state index in [1.165, 1.54) is 6.20 Å². The number of rotatable bonds is 1. The SMILES string of the molecule is CC.N/C=C\c1nccs1. The Morgan fingerprint density at radius 3 is 2.70 bits per heavy atom. The molecule has 0 aliphatic rings. The first kappa shape index (κ1) is 9.17. The molecule has 0 aliphatic heterocycles. The summed E-state index contributed by atoms with van der Waals surface area (Å²) in [7, 11) is 0. The van der Waals surface area contributed by atoms with E-state index in [-0.39, 0.29) is 0 Å². The van der Waals surface area contributed by atoms with E-state index in [2.05, 4.69) is 4.98 Å². The molecule has 0 unspecified atom stereocenters. The zero-order valence-corrected chi connectivity index (χ0v) is 7.06. The molecule has 1 aromatic heterocycles. The number of nitrogens with zero attached hydrogens (tertiary/aromatic N) is 1. The Balaban J connectivity index is 0.000000371. The van der Waals surface area contributed by atoms with Crippen molar-refractivity contribution in [2.75, 3.05) is 0 Å². The monoisotopic (exact) mass is 156 g/mol. The van der Waals surface area contributed by atoms with Crippen molar-refractivity contribution in [2.45, 2.75) is 13.8 Å². The minimum atomic E-state index is 0.951. The van der Waals surface area contributed by atoms with E-state index in [9.17, 15) is 0 Å². The maximum Gasteiger partial charge on any atom is 0.117 e. The van der Waals surface area contributed by atoms with Crippen LogP contribution in [0.4, 0.5) is 0 Å². The Morgan fingerprint density at radius 1 is 1.60 bits per heavy atom. The summed E-state index contributed by atoms with van der Waals surface area (Å²) < 4.78 is 0. The summed E-state index contributed by atoms with van der Waals surface area (Å²) >= 11 is 1.57. The van der Waals surface area contributed by atoms with Crippen molar-refractivity contribution in [3.8, 4) is 0 Å². The molecular weight excluding hydrogens is 144 g/mol. The molecule has 1 rings (SSSR count). The van der Waals surface area contributed by atoms with Gasteiger partial charge >= 0.3 is 0 Å². The Bertz CT molecular complexity index is 168. The van der Waals surface area contributed by atoms with Crippen LogP contribution in [-0.2, 0) is 0 Å². The largest absolute Gasteiger partial charge is 0.405 e. The molecule has 0 bridgehead atoms. The van der Waals surface area contributed by atoms with Crippen LogP contribution in [0.25, 0.3) is 6.08 Å². The number of hydrogen-bond donors (Lipinski definition) is 1. The molecule has 0 aromatic carbocycles. The fourth-order valence-electron chi connectivity index (χ4n) is 0.399. The Labute approximate surface area is 65.4 Å². The van der Waals surface area contributed by atoms with Crippen LogP contribution in [0.1, 0.15) is 18.9 Å². The highest BCUT2D eigenvalue weighted by Gasteiger charge is 1.82. The van der Waals surface area contributed by atoms with Gasteiger partial charge in [-0.1, -0.05) is 13.8 Å². The molecule has 3 heteroatoms. The van der Waals surface area contributed by atoms with Gasteiger partial charge in [0, 0.05) is 11.6 Å². The lowest BCUT2D eigenvalue weighted by Crippen LogP contribution is -1.74. The topological polar surface area (TPSA) is 38.9 Å². The van der Waals surface area contributed by atoms with Gasteiger partial charge in [-0.05, 0) is 12.3 Å². The molecule has 1 aromatic rings. The summed E-state index contributed by atoms with van der Waals surface area (Å²) in [6, 6.07) is 0. The molecule has 1 heterocycles. The second kappa shape index (κ2) is 6.29. The average molecular weight is 156 g/mol. The van der Waals surface area contributed by atoms with Crippen LogP contribution in [0.15, 0.2) is 17.8 Å². The van der Waals surface area contributed by atoms with Crippen LogP contribution in [0.3, 0.4) is 0 Å². The van der Waals surface area contributed by atoms with Crippen LogP contribution >= 0.6 is 11.3 Å². The Hall–Kier alpha value is -0.830. The lowest BCUT2D eigenvalue weighted by molar-refractivity contribution is 1.39. The van der Waals surface area contributed by atoms with Crippen molar-refractivity contribution in [1.29, 1.82) is 0 Å². The minimum absolute atomic E-state index is 0.951. The summed E-state index contributed by atoms with van der Waals surface area (Å²) in [6.07, 6.45) is 5.00. The third-order valence-electron chi connectivity index (χ3n) is 0.690. The molecule has 0 amide bonds. The highest BCUT2D eigenvalue weighted by molar-refractivity contribution is 7.10. The lowest BCUT2D eigenvalue weighted by atomic mass is 10.6. The smallest absolute Gasteiger partial charge is 0.117 e. The number of nitrogens with two attached hydrogens (primary N) is 1. The molecular formula is C7H12N2S. The first-order valence-electron chi connectivity index (χ1n) is 3.21. The lowest BCUT2D eigenvalue weighted by Gasteiger charge is -1.74. The molecule has 0 spiro atoms. The third kappa shape index (κ3) is 3.25. The quantitative estimate of drug-likeness (QED) is 0.676. The minimum Gasteiger partial charge on any atom is -0.405 e. The number of thiazole rings is 1. The zero-order chi connectivity index (χ0) is 7.82. The fraction of sp³-hybridized carbons (Fsp3) is 0.286. The van der Waals surface area contributed by atoms with Crippen LogP contribution < -0.4 is 5.73 Å². The van der Waals surface area contributed by atoms with E-state index in [4.69, 9.17) is 5.73 Å². The summed E-state index contributed by atoms with van der Waals surface area (Å²) in [6.45, 7) is 4.00. The summed E-state index contributed by atoms with van der Waals surface area (Å²) in [5, 5.41) is 2.86. The van der Waals surface area contributed by atoms with E-state index in [0.29, 0.717) is 0 Å². The zero-order valence-electron chi connectivity index (χ0n) is 6.24. The number of aromatic nitrogens is 1. The molecule has 2 nitrogen and oxygen atoms in total. The van der Waals surface area contributed by atoms with Crippen molar-refractivity contribution in [1.82, 2.24) is 4.98 Å². The van der Waals surface area contributed by atoms with Gasteiger partial charge in [0.1, 0.15) is 5.01 Å². The van der Waals surface area contributed by atoms with Crippen molar-refractivity contribution in [3.63, 3.8) is 0 Å². The number of hydrogen-bond acceptors (Lipinski definition) is 3. The van der Waals surface area contributed by atoms with Crippen LogP contribution in [0.2, 0.25) is 0 Å². The fourth-order valence-corrected chi connectivity index (χ4v) is 0.939. The van der Waals surface area contributed by atoms with E-state index in [1.807, 2.05) is 19.2 Å². The van der Waals surface area contributed by atoms with E-state index >= 15 is 0 Å². The van der Waals surface area contributed by atoms with Gasteiger partial charge in [0.05, 0.1) is 0 Å². The van der Waals surface area contributed by atoms with Gasteiger partial charge in [0.25, 0.3) is 0 Å². The maximum absolute atomic E-state index is 5.11. The molecule has 0 aliphatic carbocycles. The first-order valence-corrected chi connectivity index (χ1v) is 4.09. The molecule has 2 N–H and O–H groups in total. The van der Waals surface area contributed by atoms with Gasteiger partial charge in [-0.15, -0.1) is 11.3 Å². The summed E-state index contributed by atoms with van der Waals surface area (Å²) in [5.74, 6) is 0. The van der Waals surface area contributed by atoms with Crippen LogP contribution in [0.5, 0.6) is 0 Å². The van der Waals surface area contributed by atoms with E-state index < -0.39 is 0 Å². The highest BCUT2D eigenvalue weighted by Crippen LogP contribution is 2.03. The van der Waals surface area contributed by atoms with Crippen molar-refractivity contribution < 1.29 is 0 Å². The molecule has 0 saturated heterocycles.